The first-order chi connectivity index (χ1) is 7.20. The second-order valence-electron chi connectivity index (χ2n) is 3.23. The lowest BCUT2D eigenvalue weighted by atomic mass is 10.1. The minimum Gasteiger partial charge on any atom is -0.295 e. The second-order valence-corrected chi connectivity index (χ2v) is 3.23. The summed E-state index contributed by atoms with van der Waals surface area (Å²) in [6.07, 6.45) is 10.6. The Morgan fingerprint density at radius 2 is 1.60 bits per heavy atom. The number of rotatable bonds is 8. The molecule has 0 fully saturated rings. The molecule has 2 nitrogen and oxygen atoms in total. The third-order valence-electron chi connectivity index (χ3n) is 1.87. The Balaban J connectivity index is 3.54. The molecular weight excluding hydrogens is 188 g/mol. The van der Waals surface area contributed by atoms with Crippen LogP contribution in [-0.4, -0.2) is 11.6 Å². The van der Waals surface area contributed by atoms with Crippen LogP contribution in [0.1, 0.15) is 32.6 Å². The van der Waals surface area contributed by atoms with Gasteiger partial charge >= 0.3 is 0 Å². The van der Waals surface area contributed by atoms with E-state index in [9.17, 15) is 9.59 Å². The van der Waals surface area contributed by atoms with E-state index in [0.717, 1.165) is 12.8 Å². The van der Waals surface area contributed by atoms with Crippen LogP contribution in [0.15, 0.2) is 37.0 Å². The highest BCUT2D eigenvalue weighted by atomic mass is 16.1. The van der Waals surface area contributed by atoms with E-state index < -0.39 is 0 Å². The van der Waals surface area contributed by atoms with Gasteiger partial charge in [0.2, 0.25) is 0 Å². The predicted octanol–water partition coefficient (Wildman–Crippen LogP) is 3.00. The van der Waals surface area contributed by atoms with Crippen LogP contribution in [0.25, 0.3) is 0 Å². The Kier molecular flexibility index (Phi) is 8.25. The van der Waals surface area contributed by atoms with Gasteiger partial charge in [0, 0.05) is 12.8 Å². The molecule has 0 bridgehead atoms. The van der Waals surface area contributed by atoms with Gasteiger partial charge in [0.15, 0.2) is 11.6 Å². The Morgan fingerprint density at radius 3 is 2.07 bits per heavy atom. The van der Waals surface area contributed by atoms with Crippen molar-refractivity contribution >= 4 is 11.6 Å². The van der Waals surface area contributed by atoms with E-state index in [1.54, 1.807) is 24.3 Å². The minimum atomic E-state index is 0.0911. The van der Waals surface area contributed by atoms with Gasteiger partial charge in [-0.25, -0.2) is 0 Å². The molecule has 0 aromatic rings. The van der Waals surface area contributed by atoms with Crippen LogP contribution in [0.4, 0.5) is 0 Å². The summed E-state index contributed by atoms with van der Waals surface area (Å²) in [6, 6.07) is 0. The van der Waals surface area contributed by atoms with Gasteiger partial charge in [0.25, 0.3) is 0 Å². The number of hydrogen-bond donors (Lipinski definition) is 0. The molecule has 0 radical (unpaired) electrons. The first-order valence-corrected chi connectivity index (χ1v) is 5.18. The highest BCUT2D eigenvalue weighted by Crippen LogP contribution is 2.02. The van der Waals surface area contributed by atoms with E-state index >= 15 is 0 Å². The highest BCUT2D eigenvalue weighted by molar-refractivity contribution is 5.90. The third-order valence-corrected chi connectivity index (χ3v) is 1.87. The molecule has 0 aliphatic rings. The first kappa shape index (κ1) is 13.6. The summed E-state index contributed by atoms with van der Waals surface area (Å²) in [7, 11) is 0. The van der Waals surface area contributed by atoms with Crippen LogP contribution in [0.3, 0.4) is 0 Å². The molecule has 0 aromatic carbocycles. The largest absolute Gasteiger partial charge is 0.295 e. The molecule has 0 aliphatic carbocycles. The molecule has 0 atom stereocenters. The van der Waals surface area contributed by atoms with Gasteiger partial charge in [-0.1, -0.05) is 24.8 Å². The van der Waals surface area contributed by atoms with Crippen molar-refractivity contribution in [2.75, 3.05) is 0 Å². The molecular formula is C13H18O2. The topological polar surface area (TPSA) is 34.1 Å². The molecule has 0 N–H and O–H groups in total. The monoisotopic (exact) mass is 206 g/mol. The summed E-state index contributed by atoms with van der Waals surface area (Å²) in [5.74, 6) is 0.222. The van der Waals surface area contributed by atoms with E-state index in [0.29, 0.717) is 12.8 Å². The van der Waals surface area contributed by atoms with Crippen molar-refractivity contribution < 1.29 is 9.59 Å². The number of hydrogen-bond acceptors (Lipinski definition) is 2. The van der Waals surface area contributed by atoms with Gasteiger partial charge in [-0.15, -0.1) is 0 Å². The third kappa shape index (κ3) is 8.88. The minimum absolute atomic E-state index is 0.0911. The maximum Gasteiger partial charge on any atom is 0.155 e. The zero-order valence-corrected chi connectivity index (χ0v) is 9.24. The first-order valence-electron chi connectivity index (χ1n) is 5.18. The maximum atomic E-state index is 11.1. The molecule has 0 spiro atoms. The molecule has 0 saturated heterocycles. The van der Waals surface area contributed by atoms with E-state index in [1.165, 1.54) is 6.08 Å². The number of unbranched alkanes of at least 4 members (excludes halogenated alkanes) is 1. The molecule has 0 heterocycles. The van der Waals surface area contributed by atoms with Gasteiger partial charge in [0.05, 0.1) is 0 Å². The van der Waals surface area contributed by atoms with Crippen LogP contribution in [0.2, 0.25) is 0 Å². The normalized spacial score (nSPS) is 11.0. The summed E-state index contributed by atoms with van der Waals surface area (Å²) < 4.78 is 0. The van der Waals surface area contributed by atoms with Crippen LogP contribution in [0.5, 0.6) is 0 Å². The molecule has 0 saturated carbocycles. The summed E-state index contributed by atoms with van der Waals surface area (Å²) in [5.41, 5.74) is 0. The van der Waals surface area contributed by atoms with Gasteiger partial charge in [-0.3, -0.25) is 9.59 Å². The van der Waals surface area contributed by atoms with Crippen molar-refractivity contribution in [3.63, 3.8) is 0 Å². The maximum absolute atomic E-state index is 11.1. The van der Waals surface area contributed by atoms with Crippen molar-refractivity contribution in [3.05, 3.63) is 37.0 Å². The van der Waals surface area contributed by atoms with Gasteiger partial charge in [-0.05, 0) is 31.9 Å². The van der Waals surface area contributed by atoms with Crippen LogP contribution >= 0.6 is 0 Å². The highest BCUT2D eigenvalue weighted by Gasteiger charge is 1.99. The van der Waals surface area contributed by atoms with Gasteiger partial charge in [-0.2, -0.15) is 0 Å². The van der Waals surface area contributed by atoms with Gasteiger partial charge < -0.3 is 0 Å². The van der Waals surface area contributed by atoms with Crippen molar-refractivity contribution in [2.45, 2.75) is 32.6 Å². The lowest BCUT2D eigenvalue weighted by Gasteiger charge is -1.95. The zero-order chi connectivity index (χ0) is 11.5. The molecule has 0 unspecified atom stereocenters. The average Bonchev–Trinajstić information content (AvgIpc) is 2.22. The van der Waals surface area contributed by atoms with Crippen molar-refractivity contribution in [2.24, 2.45) is 0 Å². The molecule has 0 aromatic heterocycles. The summed E-state index contributed by atoms with van der Waals surface area (Å²) >= 11 is 0. The molecule has 82 valence electrons. The van der Waals surface area contributed by atoms with E-state index in [-0.39, 0.29) is 11.6 Å². The Morgan fingerprint density at radius 1 is 1.07 bits per heavy atom. The number of carbonyl (C=O) groups excluding carboxylic acids is 2. The molecule has 0 amide bonds. The zero-order valence-electron chi connectivity index (χ0n) is 9.24. The van der Waals surface area contributed by atoms with Crippen LogP contribution in [0, 0.1) is 0 Å². The SMILES string of the molecule is C=C/C=C/C(=O)CCCCC(=O)/C=C/C. The Bertz CT molecular complexity index is 272. The second kappa shape index (κ2) is 9.13. The standard InChI is InChI=1S/C13H18O2/c1-3-5-9-13(15)11-7-6-10-12(14)8-4-2/h3-5,8-9H,1,6-7,10-11H2,2H3/b8-4+,9-5+. The Labute approximate surface area is 91.4 Å². The predicted molar refractivity (Wildman–Crippen MR) is 62.6 cm³/mol. The fourth-order valence-corrected chi connectivity index (χ4v) is 1.13. The molecule has 15 heavy (non-hydrogen) atoms. The van der Waals surface area contributed by atoms with Crippen molar-refractivity contribution in [3.8, 4) is 0 Å². The number of ketones is 2. The Hall–Kier alpha value is -1.44. The van der Waals surface area contributed by atoms with E-state index in [1.807, 2.05) is 6.92 Å². The molecule has 0 aliphatic heterocycles. The molecule has 0 rings (SSSR count). The quantitative estimate of drug-likeness (QED) is 0.347. The van der Waals surface area contributed by atoms with E-state index in [2.05, 4.69) is 6.58 Å². The smallest absolute Gasteiger partial charge is 0.155 e. The number of allylic oxidation sites excluding steroid dienone is 5. The van der Waals surface area contributed by atoms with Crippen molar-refractivity contribution in [1.29, 1.82) is 0 Å². The van der Waals surface area contributed by atoms with Crippen LogP contribution in [-0.2, 0) is 9.59 Å². The number of carbonyl (C=O) groups is 2. The lowest BCUT2D eigenvalue weighted by Crippen LogP contribution is -1.95. The summed E-state index contributed by atoms with van der Waals surface area (Å²) in [4.78, 5) is 22.2. The van der Waals surface area contributed by atoms with Crippen molar-refractivity contribution in [1.82, 2.24) is 0 Å². The fourth-order valence-electron chi connectivity index (χ4n) is 1.13. The van der Waals surface area contributed by atoms with Crippen LogP contribution < -0.4 is 0 Å². The van der Waals surface area contributed by atoms with Gasteiger partial charge in [0.1, 0.15) is 0 Å². The molecule has 2 heteroatoms. The average molecular weight is 206 g/mol. The summed E-state index contributed by atoms with van der Waals surface area (Å²) in [5, 5.41) is 0. The summed E-state index contributed by atoms with van der Waals surface area (Å²) in [6.45, 7) is 5.30. The van der Waals surface area contributed by atoms with E-state index in [4.69, 9.17) is 0 Å². The lowest BCUT2D eigenvalue weighted by molar-refractivity contribution is -0.116. The fraction of sp³-hybridized carbons (Fsp3) is 0.385.